The van der Waals surface area contributed by atoms with Crippen LogP contribution in [0.15, 0.2) is 24.3 Å². The minimum absolute atomic E-state index is 0.207. The first kappa shape index (κ1) is 11.9. The Bertz CT molecular complexity index is 382. The third-order valence-electron chi connectivity index (χ3n) is 1.80. The van der Waals surface area contributed by atoms with Gasteiger partial charge in [-0.2, -0.15) is 0 Å². The first-order chi connectivity index (χ1) is 7.67. The Hall–Kier alpha value is -2.17. The van der Waals surface area contributed by atoms with Gasteiger partial charge in [-0.15, -0.1) is 0 Å². The van der Waals surface area contributed by atoms with E-state index in [0.717, 1.165) is 0 Å². The SMILES string of the molecule is CC(=O)Oc1ccc(C(C=O)OC=O)cc1. The van der Waals surface area contributed by atoms with Gasteiger partial charge in [-0.25, -0.2) is 0 Å². The smallest absolute Gasteiger partial charge is 0.308 e. The molecule has 0 fully saturated rings. The number of aldehydes is 1. The second-order valence-corrected chi connectivity index (χ2v) is 2.95. The van der Waals surface area contributed by atoms with E-state index in [1.165, 1.54) is 19.1 Å². The van der Waals surface area contributed by atoms with Crippen LogP contribution in [-0.4, -0.2) is 18.7 Å². The van der Waals surface area contributed by atoms with Crippen LogP contribution in [-0.2, 0) is 19.1 Å². The lowest BCUT2D eigenvalue weighted by molar-refractivity contribution is -0.139. The zero-order chi connectivity index (χ0) is 12.0. The molecule has 1 aromatic carbocycles. The van der Waals surface area contributed by atoms with E-state index in [9.17, 15) is 14.4 Å². The lowest BCUT2D eigenvalue weighted by Crippen LogP contribution is -2.05. The van der Waals surface area contributed by atoms with Crippen LogP contribution in [0.25, 0.3) is 0 Å². The van der Waals surface area contributed by atoms with E-state index >= 15 is 0 Å². The Morgan fingerprint density at radius 2 is 1.88 bits per heavy atom. The highest BCUT2D eigenvalue weighted by atomic mass is 16.5. The van der Waals surface area contributed by atoms with Crippen molar-refractivity contribution < 1.29 is 23.9 Å². The summed E-state index contributed by atoms with van der Waals surface area (Å²) in [5.41, 5.74) is 0.512. The summed E-state index contributed by atoms with van der Waals surface area (Å²) < 4.78 is 9.35. The van der Waals surface area contributed by atoms with Crippen LogP contribution in [0.2, 0.25) is 0 Å². The summed E-state index contributed by atoms with van der Waals surface area (Å²) >= 11 is 0. The predicted octanol–water partition coefficient (Wildman–Crippen LogP) is 1.02. The zero-order valence-corrected chi connectivity index (χ0v) is 8.58. The fourth-order valence-electron chi connectivity index (χ4n) is 1.14. The fourth-order valence-corrected chi connectivity index (χ4v) is 1.14. The van der Waals surface area contributed by atoms with E-state index in [4.69, 9.17) is 4.74 Å². The van der Waals surface area contributed by atoms with Crippen LogP contribution in [0.5, 0.6) is 5.75 Å². The molecule has 1 aromatic rings. The molecular weight excluding hydrogens is 212 g/mol. The topological polar surface area (TPSA) is 69.7 Å². The Balaban J connectivity index is 2.80. The van der Waals surface area contributed by atoms with E-state index < -0.39 is 12.1 Å². The van der Waals surface area contributed by atoms with Crippen molar-refractivity contribution >= 4 is 18.7 Å². The van der Waals surface area contributed by atoms with Gasteiger partial charge < -0.3 is 9.47 Å². The van der Waals surface area contributed by atoms with E-state index in [1.54, 1.807) is 12.1 Å². The molecule has 5 heteroatoms. The van der Waals surface area contributed by atoms with Crippen molar-refractivity contribution in [3.05, 3.63) is 29.8 Å². The van der Waals surface area contributed by atoms with Gasteiger partial charge in [0.2, 0.25) is 0 Å². The molecule has 0 bridgehead atoms. The van der Waals surface area contributed by atoms with Crippen LogP contribution >= 0.6 is 0 Å². The third kappa shape index (κ3) is 3.20. The highest BCUT2D eigenvalue weighted by molar-refractivity contribution is 5.69. The maximum atomic E-state index is 10.6. The van der Waals surface area contributed by atoms with Gasteiger partial charge in [-0.1, -0.05) is 12.1 Å². The van der Waals surface area contributed by atoms with Crippen LogP contribution in [0.1, 0.15) is 18.6 Å². The predicted molar refractivity (Wildman–Crippen MR) is 53.7 cm³/mol. The van der Waals surface area contributed by atoms with Crippen molar-refractivity contribution in [1.82, 2.24) is 0 Å². The monoisotopic (exact) mass is 222 g/mol. The summed E-state index contributed by atoms with van der Waals surface area (Å²) in [4.78, 5) is 31.3. The number of esters is 1. The largest absolute Gasteiger partial charge is 0.452 e. The zero-order valence-electron chi connectivity index (χ0n) is 8.58. The summed E-state index contributed by atoms with van der Waals surface area (Å²) in [5.74, 6) is -0.0594. The molecule has 0 spiro atoms. The summed E-state index contributed by atoms with van der Waals surface area (Å²) in [6, 6.07) is 6.12. The lowest BCUT2D eigenvalue weighted by Gasteiger charge is -2.08. The molecule has 0 saturated heterocycles. The number of ether oxygens (including phenoxy) is 2. The van der Waals surface area contributed by atoms with Crippen molar-refractivity contribution in [3.63, 3.8) is 0 Å². The van der Waals surface area contributed by atoms with Crippen molar-refractivity contribution in [2.45, 2.75) is 13.0 Å². The first-order valence-electron chi connectivity index (χ1n) is 4.50. The highest BCUT2D eigenvalue weighted by Crippen LogP contribution is 2.18. The van der Waals surface area contributed by atoms with E-state index in [2.05, 4.69) is 4.74 Å². The molecule has 5 nitrogen and oxygen atoms in total. The first-order valence-corrected chi connectivity index (χ1v) is 4.50. The molecule has 0 amide bonds. The number of benzene rings is 1. The number of hydrogen-bond donors (Lipinski definition) is 0. The second-order valence-electron chi connectivity index (χ2n) is 2.95. The van der Waals surface area contributed by atoms with Gasteiger partial charge in [0.05, 0.1) is 0 Å². The van der Waals surface area contributed by atoms with Crippen LogP contribution < -0.4 is 4.74 Å². The maximum Gasteiger partial charge on any atom is 0.308 e. The van der Waals surface area contributed by atoms with Gasteiger partial charge in [-0.05, 0) is 17.7 Å². The van der Waals surface area contributed by atoms with E-state index in [0.29, 0.717) is 17.6 Å². The molecule has 0 aliphatic carbocycles. The molecule has 0 aliphatic rings. The van der Waals surface area contributed by atoms with Gasteiger partial charge in [0.25, 0.3) is 6.47 Å². The molecule has 0 heterocycles. The molecule has 0 aliphatic heterocycles. The van der Waals surface area contributed by atoms with Crippen molar-refractivity contribution in [2.75, 3.05) is 0 Å². The second kappa shape index (κ2) is 5.65. The van der Waals surface area contributed by atoms with E-state index in [-0.39, 0.29) is 6.47 Å². The summed E-state index contributed by atoms with van der Waals surface area (Å²) in [5, 5.41) is 0. The molecule has 0 aromatic heterocycles. The van der Waals surface area contributed by atoms with Gasteiger partial charge >= 0.3 is 5.97 Å². The molecule has 0 N–H and O–H groups in total. The normalized spacial score (nSPS) is 11.3. The highest BCUT2D eigenvalue weighted by Gasteiger charge is 2.10. The average molecular weight is 222 g/mol. The van der Waals surface area contributed by atoms with Gasteiger partial charge in [0, 0.05) is 6.92 Å². The molecular formula is C11H10O5. The lowest BCUT2D eigenvalue weighted by atomic mass is 10.1. The van der Waals surface area contributed by atoms with E-state index in [1.807, 2.05) is 0 Å². The molecule has 0 saturated carbocycles. The van der Waals surface area contributed by atoms with Crippen molar-refractivity contribution in [3.8, 4) is 5.75 Å². The number of carbonyl (C=O) groups is 3. The average Bonchev–Trinajstić information content (AvgIpc) is 2.26. The summed E-state index contributed by atoms with van der Waals surface area (Å²) in [6.07, 6.45) is -0.418. The Labute approximate surface area is 92.0 Å². The number of carbonyl (C=O) groups excluding carboxylic acids is 3. The molecule has 1 rings (SSSR count). The van der Waals surface area contributed by atoms with Crippen molar-refractivity contribution in [1.29, 1.82) is 0 Å². The minimum Gasteiger partial charge on any atom is -0.452 e. The molecule has 16 heavy (non-hydrogen) atoms. The molecule has 1 unspecified atom stereocenters. The quantitative estimate of drug-likeness (QED) is 0.422. The van der Waals surface area contributed by atoms with Gasteiger partial charge in [0.1, 0.15) is 5.75 Å². The van der Waals surface area contributed by atoms with Crippen LogP contribution in [0, 0.1) is 0 Å². The van der Waals surface area contributed by atoms with Crippen LogP contribution in [0.4, 0.5) is 0 Å². The summed E-state index contributed by atoms with van der Waals surface area (Å²) in [6.45, 7) is 1.50. The van der Waals surface area contributed by atoms with Crippen LogP contribution in [0.3, 0.4) is 0 Å². The Kier molecular flexibility index (Phi) is 4.20. The van der Waals surface area contributed by atoms with Crippen molar-refractivity contribution in [2.24, 2.45) is 0 Å². The maximum absolute atomic E-state index is 10.6. The molecule has 84 valence electrons. The Morgan fingerprint density at radius 3 is 2.31 bits per heavy atom. The number of hydrogen-bond acceptors (Lipinski definition) is 5. The molecule has 0 radical (unpaired) electrons. The minimum atomic E-state index is -0.927. The van der Waals surface area contributed by atoms with Gasteiger partial charge in [0.15, 0.2) is 12.4 Å². The Morgan fingerprint density at radius 1 is 1.25 bits per heavy atom. The standard InChI is InChI=1S/C11H10O5/c1-8(14)16-10-4-2-9(3-5-10)11(6-12)15-7-13/h2-7,11H,1H3. The molecule has 1 atom stereocenters. The number of rotatable bonds is 5. The van der Waals surface area contributed by atoms with Gasteiger partial charge in [-0.3, -0.25) is 14.4 Å². The fraction of sp³-hybridized carbons (Fsp3) is 0.182. The summed E-state index contributed by atoms with van der Waals surface area (Å²) in [7, 11) is 0. The third-order valence-corrected chi connectivity index (χ3v) is 1.80.